The predicted molar refractivity (Wildman–Crippen MR) is 180 cm³/mol. The third-order valence-electron chi connectivity index (χ3n) is 10.2. The van der Waals surface area contributed by atoms with Crippen molar-refractivity contribution in [3.63, 3.8) is 0 Å². The number of fused-ring (bicyclic) bond motifs is 6. The lowest BCUT2D eigenvalue weighted by atomic mass is 9.73. The SMILES string of the molecule is C1=CCC(c2c3ccccc3c(-c3ccccc3)c3cc(C4=CCC5C(=C4)OC4C=CC6=C(C=CCC6)C45)ccc23)C=C1. The summed E-state index contributed by atoms with van der Waals surface area (Å²) in [4.78, 5) is 0. The van der Waals surface area contributed by atoms with Gasteiger partial charge in [0, 0.05) is 17.8 Å². The number of benzene rings is 4. The molecule has 1 aliphatic heterocycles. The van der Waals surface area contributed by atoms with Crippen LogP contribution in [-0.4, -0.2) is 6.10 Å². The van der Waals surface area contributed by atoms with Crippen molar-refractivity contribution in [2.75, 3.05) is 0 Å². The topological polar surface area (TPSA) is 9.23 Å². The number of hydrogen-bond donors (Lipinski definition) is 0. The van der Waals surface area contributed by atoms with Crippen LogP contribution in [0.15, 0.2) is 150 Å². The van der Waals surface area contributed by atoms with E-state index in [1.807, 2.05) is 0 Å². The standard InChI is InChI=1S/C42H34O/c1-3-12-28(13-4-1)40-33-17-9-10-18-34(33)41(29-14-5-2-6-15-29)37-25-30(19-22-35(37)40)31-20-23-36-39(26-31)43-38-24-21-27-11-7-8-16-32(27)42(36)38/h1-6,8-10,12,14-22,24-26,28,36,38,42H,7,11,13,23H2. The molecule has 43 heavy (non-hydrogen) atoms. The summed E-state index contributed by atoms with van der Waals surface area (Å²) in [6.07, 6.45) is 27.7. The Morgan fingerprint density at radius 1 is 0.698 bits per heavy atom. The van der Waals surface area contributed by atoms with Gasteiger partial charge >= 0.3 is 0 Å². The maximum absolute atomic E-state index is 6.66. The van der Waals surface area contributed by atoms with Crippen molar-refractivity contribution in [1.82, 2.24) is 0 Å². The molecule has 0 N–H and O–H groups in total. The molecule has 4 aromatic carbocycles. The first-order valence-corrected chi connectivity index (χ1v) is 15.9. The summed E-state index contributed by atoms with van der Waals surface area (Å²) >= 11 is 0. The zero-order valence-corrected chi connectivity index (χ0v) is 24.2. The van der Waals surface area contributed by atoms with Crippen LogP contribution in [0.2, 0.25) is 0 Å². The Balaban J connectivity index is 1.20. The highest BCUT2D eigenvalue weighted by molar-refractivity contribution is 6.16. The van der Waals surface area contributed by atoms with Gasteiger partial charge in [-0.2, -0.15) is 0 Å². The molecule has 1 saturated heterocycles. The maximum Gasteiger partial charge on any atom is 0.124 e. The molecular formula is C42H34O. The largest absolute Gasteiger partial charge is 0.490 e. The first-order valence-electron chi connectivity index (χ1n) is 15.9. The van der Waals surface area contributed by atoms with Crippen LogP contribution in [0.4, 0.5) is 0 Å². The highest BCUT2D eigenvalue weighted by Crippen LogP contribution is 2.51. The molecule has 0 radical (unpaired) electrons. The van der Waals surface area contributed by atoms with Gasteiger partial charge in [-0.05, 0) is 104 Å². The van der Waals surface area contributed by atoms with E-state index in [0.717, 1.165) is 31.4 Å². The van der Waals surface area contributed by atoms with Gasteiger partial charge in [-0.1, -0.05) is 115 Å². The van der Waals surface area contributed by atoms with Gasteiger partial charge in [-0.3, -0.25) is 0 Å². The van der Waals surface area contributed by atoms with Crippen molar-refractivity contribution in [1.29, 1.82) is 0 Å². The third-order valence-corrected chi connectivity index (χ3v) is 10.2. The first kappa shape index (κ1) is 24.9. The summed E-state index contributed by atoms with van der Waals surface area (Å²) in [5.74, 6) is 2.38. The molecule has 208 valence electrons. The van der Waals surface area contributed by atoms with E-state index in [2.05, 4.69) is 134 Å². The molecule has 1 heteroatoms. The molecule has 4 atom stereocenters. The minimum absolute atomic E-state index is 0.151. The number of allylic oxidation sites excluding steroid dienone is 12. The Bertz CT molecular complexity index is 2010. The van der Waals surface area contributed by atoms with Crippen molar-refractivity contribution < 1.29 is 4.74 Å². The zero-order chi connectivity index (χ0) is 28.3. The second-order valence-electron chi connectivity index (χ2n) is 12.6. The molecule has 4 unspecified atom stereocenters. The number of hydrogen-bond acceptors (Lipinski definition) is 1. The van der Waals surface area contributed by atoms with E-state index >= 15 is 0 Å². The second kappa shape index (κ2) is 9.99. The Hall–Kier alpha value is -4.62. The summed E-state index contributed by atoms with van der Waals surface area (Å²) in [5, 5.41) is 5.36. The van der Waals surface area contributed by atoms with Crippen LogP contribution >= 0.6 is 0 Å². The smallest absolute Gasteiger partial charge is 0.124 e. The second-order valence-corrected chi connectivity index (χ2v) is 12.6. The van der Waals surface area contributed by atoms with Gasteiger partial charge < -0.3 is 4.74 Å². The third kappa shape index (κ3) is 3.98. The molecule has 0 spiro atoms. The van der Waals surface area contributed by atoms with Gasteiger partial charge in [-0.15, -0.1) is 0 Å². The van der Waals surface area contributed by atoms with Crippen molar-refractivity contribution >= 4 is 27.1 Å². The van der Waals surface area contributed by atoms with Gasteiger partial charge in [0.2, 0.25) is 0 Å². The molecule has 1 fully saturated rings. The fourth-order valence-electron chi connectivity index (χ4n) is 8.27. The average molecular weight is 555 g/mol. The lowest BCUT2D eigenvalue weighted by Gasteiger charge is -2.29. The van der Waals surface area contributed by atoms with Crippen molar-refractivity contribution in [2.24, 2.45) is 11.8 Å². The summed E-state index contributed by atoms with van der Waals surface area (Å²) in [7, 11) is 0. The quantitative estimate of drug-likeness (QED) is 0.229. The lowest BCUT2D eigenvalue weighted by molar-refractivity contribution is 0.182. The van der Waals surface area contributed by atoms with Crippen LogP contribution in [0.1, 0.15) is 42.7 Å². The molecule has 1 heterocycles. The fourth-order valence-corrected chi connectivity index (χ4v) is 8.27. The molecule has 4 aromatic rings. The van der Waals surface area contributed by atoms with E-state index in [-0.39, 0.29) is 6.10 Å². The van der Waals surface area contributed by atoms with E-state index in [1.54, 1.807) is 0 Å². The molecule has 0 amide bonds. The lowest BCUT2D eigenvalue weighted by Crippen LogP contribution is -2.25. The van der Waals surface area contributed by atoms with Crippen LogP contribution < -0.4 is 0 Å². The van der Waals surface area contributed by atoms with Crippen molar-refractivity contribution in [3.05, 3.63) is 162 Å². The summed E-state index contributed by atoms with van der Waals surface area (Å²) < 4.78 is 6.66. The minimum atomic E-state index is 0.151. The van der Waals surface area contributed by atoms with E-state index < -0.39 is 0 Å². The molecule has 1 nitrogen and oxygen atoms in total. The van der Waals surface area contributed by atoms with E-state index in [0.29, 0.717) is 17.8 Å². The summed E-state index contributed by atoms with van der Waals surface area (Å²) in [5.41, 5.74) is 9.59. The van der Waals surface area contributed by atoms with Crippen LogP contribution in [-0.2, 0) is 4.74 Å². The van der Waals surface area contributed by atoms with Crippen LogP contribution in [0.5, 0.6) is 0 Å². The number of ether oxygens (including phenoxy) is 1. The number of rotatable bonds is 3. The van der Waals surface area contributed by atoms with Gasteiger partial charge in [0.15, 0.2) is 0 Å². The molecule has 4 aliphatic carbocycles. The molecule has 5 aliphatic rings. The first-order chi connectivity index (χ1) is 21.3. The Morgan fingerprint density at radius 3 is 2.44 bits per heavy atom. The molecule has 0 aromatic heterocycles. The Morgan fingerprint density at radius 2 is 1.56 bits per heavy atom. The normalized spacial score (nSPS) is 25.3. The average Bonchev–Trinajstić information content (AvgIpc) is 3.46. The van der Waals surface area contributed by atoms with Crippen LogP contribution in [0.25, 0.3) is 38.2 Å². The van der Waals surface area contributed by atoms with E-state index in [4.69, 9.17) is 4.74 Å². The van der Waals surface area contributed by atoms with E-state index in [1.165, 1.54) is 60.5 Å². The highest BCUT2D eigenvalue weighted by Gasteiger charge is 2.44. The molecular weight excluding hydrogens is 520 g/mol. The Kier molecular flexibility index (Phi) is 5.79. The van der Waals surface area contributed by atoms with E-state index in [9.17, 15) is 0 Å². The minimum Gasteiger partial charge on any atom is -0.490 e. The zero-order valence-electron chi connectivity index (χ0n) is 24.2. The maximum atomic E-state index is 6.66. The highest BCUT2D eigenvalue weighted by atomic mass is 16.5. The van der Waals surface area contributed by atoms with Gasteiger partial charge in [0.05, 0.1) is 0 Å². The van der Waals surface area contributed by atoms with Gasteiger partial charge in [0.1, 0.15) is 11.9 Å². The van der Waals surface area contributed by atoms with Crippen molar-refractivity contribution in [3.8, 4) is 11.1 Å². The molecule has 9 rings (SSSR count). The van der Waals surface area contributed by atoms with Gasteiger partial charge in [0.25, 0.3) is 0 Å². The summed E-state index contributed by atoms with van der Waals surface area (Å²) in [6, 6.07) is 27.1. The van der Waals surface area contributed by atoms with Crippen molar-refractivity contribution in [2.45, 2.75) is 37.7 Å². The molecule has 0 saturated carbocycles. The van der Waals surface area contributed by atoms with Crippen LogP contribution in [0.3, 0.4) is 0 Å². The fraction of sp³-hybridized carbons (Fsp3) is 0.190. The predicted octanol–water partition coefficient (Wildman–Crippen LogP) is 10.8. The molecule has 0 bridgehead atoms. The van der Waals surface area contributed by atoms with Crippen LogP contribution in [0, 0.1) is 11.8 Å². The monoisotopic (exact) mass is 554 g/mol. The Labute approximate surface area is 253 Å². The van der Waals surface area contributed by atoms with Gasteiger partial charge in [-0.25, -0.2) is 0 Å². The summed E-state index contributed by atoms with van der Waals surface area (Å²) in [6.45, 7) is 0.